The van der Waals surface area contributed by atoms with Gasteiger partial charge < -0.3 is 14.8 Å². The fourth-order valence-corrected chi connectivity index (χ4v) is 2.76. The Balaban J connectivity index is 1.91. The molecule has 0 spiro atoms. The molecule has 0 radical (unpaired) electrons. The summed E-state index contributed by atoms with van der Waals surface area (Å²) >= 11 is 3.37. The average molecular weight is 388 g/mol. The second-order valence-corrected chi connectivity index (χ2v) is 5.99. The maximum Gasteiger partial charge on any atom is 0.297 e. The van der Waals surface area contributed by atoms with E-state index in [1.54, 1.807) is 24.3 Å². The third kappa shape index (κ3) is 3.22. The number of benzene rings is 2. The van der Waals surface area contributed by atoms with E-state index in [1.165, 1.54) is 7.11 Å². The van der Waals surface area contributed by atoms with Crippen molar-refractivity contribution < 1.29 is 14.6 Å². The smallest absolute Gasteiger partial charge is 0.297 e. The zero-order valence-corrected chi connectivity index (χ0v) is 14.3. The number of aromatic amines is 1. The minimum atomic E-state index is -0.839. The Morgan fingerprint density at radius 1 is 1.25 bits per heavy atom. The number of aromatic hydroxyl groups is 1. The molecule has 2 aromatic carbocycles. The van der Waals surface area contributed by atoms with Gasteiger partial charge in [0.1, 0.15) is 0 Å². The van der Waals surface area contributed by atoms with Crippen LogP contribution in [-0.4, -0.2) is 23.1 Å². The lowest BCUT2D eigenvalue weighted by atomic mass is 10.1. The van der Waals surface area contributed by atoms with Crippen LogP contribution in [0.2, 0.25) is 0 Å². The van der Waals surface area contributed by atoms with Gasteiger partial charge in [-0.05, 0) is 23.8 Å². The van der Waals surface area contributed by atoms with Crippen LogP contribution >= 0.6 is 15.9 Å². The molecule has 24 heavy (non-hydrogen) atoms. The van der Waals surface area contributed by atoms with E-state index in [0.29, 0.717) is 16.5 Å². The number of halogens is 1. The van der Waals surface area contributed by atoms with Crippen LogP contribution in [0.4, 0.5) is 5.69 Å². The molecular weight excluding hydrogens is 374 g/mol. The minimum Gasteiger partial charge on any atom is -0.493 e. The second kappa shape index (κ2) is 6.94. The van der Waals surface area contributed by atoms with Crippen molar-refractivity contribution >= 4 is 38.4 Å². The number of ether oxygens (including phenoxy) is 1. The summed E-state index contributed by atoms with van der Waals surface area (Å²) in [4.78, 5) is 15.1. The molecule has 0 aliphatic heterocycles. The molecule has 0 bridgehead atoms. The first-order valence-corrected chi connectivity index (χ1v) is 7.93. The van der Waals surface area contributed by atoms with Crippen molar-refractivity contribution in [1.82, 2.24) is 4.98 Å². The zero-order valence-electron chi connectivity index (χ0n) is 12.7. The SMILES string of the molecule is CO[C@@H](C(=O)N=Nc1c(O)[nH]c2ccc(Br)cc12)c1ccccc1. The molecule has 7 heteroatoms. The second-order valence-electron chi connectivity index (χ2n) is 5.08. The monoisotopic (exact) mass is 387 g/mol. The van der Waals surface area contributed by atoms with Gasteiger partial charge in [-0.25, -0.2) is 0 Å². The molecule has 0 saturated heterocycles. The van der Waals surface area contributed by atoms with E-state index in [0.717, 1.165) is 4.47 Å². The highest BCUT2D eigenvalue weighted by molar-refractivity contribution is 9.10. The lowest BCUT2D eigenvalue weighted by molar-refractivity contribution is -0.128. The van der Waals surface area contributed by atoms with E-state index < -0.39 is 12.0 Å². The van der Waals surface area contributed by atoms with E-state index in [4.69, 9.17) is 4.74 Å². The van der Waals surface area contributed by atoms with E-state index in [1.807, 2.05) is 24.3 Å². The number of H-pyrrole nitrogens is 1. The largest absolute Gasteiger partial charge is 0.493 e. The number of hydrogen-bond acceptors (Lipinski definition) is 4. The van der Waals surface area contributed by atoms with Crippen LogP contribution in [0.1, 0.15) is 11.7 Å². The number of amides is 1. The fraction of sp³-hybridized carbons (Fsp3) is 0.118. The van der Waals surface area contributed by atoms with Crippen molar-refractivity contribution in [3.63, 3.8) is 0 Å². The van der Waals surface area contributed by atoms with Crippen LogP contribution in [0.15, 0.2) is 63.2 Å². The summed E-state index contributed by atoms with van der Waals surface area (Å²) in [5.41, 5.74) is 1.60. The van der Waals surface area contributed by atoms with Crippen LogP contribution in [0, 0.1) is 0 Å². The molecule has 0 aliphatic rings. The lowest BCUT2D eigenvalue weighted by Crippen LogP contribution is -2.11. The highest BCUT2D eigenvalue weighted by Crippen LogP contribution is 2.37. The summed E-state index contributed by atoms with van der Waals surface area (Å²) < 4.78 is 6.05. The number of aromatic nitrogens is 1. The molecule has 122 valence electrons. The number of nitrogens with zero attached hydrogens (tertiary/aromatic N) is 2. The van der Waals surface area contributed by atoms with Gasteiger partial charge in [0.2, 0.25) is 5.88 Å². The van der Waals surface area contributed by atoms with E-state index in [2.05, 4.69) is 31.1 Å². The molecule has 3 rings (SSSR count). The van der Waals surface area contributed by atoms with Crippen LogP contribution < -0.4 is 0 Å². The number of fused-ring (bicyclic) bond motifs is 1. The summed E-state index contributed by atoms with van der Waals surface area (Å²) in [6.45, 7) is 0. The van der Waals surface area contributed by atoms with Gasteiger partial charge in [0, 0.05) is 17.0 Å². The molecular formula is C17H14BrN3O3. The number of azo groups is 1. The van der Waals surface area contributed by atoms with Crippen molar-refractivity contribution in [2.24, 2.45) is 10.2 Å². The molecule has 1 aromatic heterocycles. The standard InChI is InChI=1S/C17H14BrN3O3/c1-24-15(10-5-3-2-4-6-10)17(23)21-20-14-12-9-11(18)7-8-13(12)19-16(14)22/h2-9,15,19,22H,1H3/t15-/m1/s1. The van der Waals surface area contributed by atoms with Gasteiger partial charge in [0.15, 0.2) is 11.8 Å². The molecule has 0 saturated carbocycles. The van der Waals surface area contributed by atoms with Gasteiger partial charge in [-0.1, -0.05) is 46.3 Å². The van der Waals surface area contributed by atoms with Gasteiger partial charge in [-0.2, -0.15) is 0 Å². The van der Waals surface area contributed by atoms with Gasteiger partial charge >= 0.3 is 0 Å². The number of carbonyl (C=O) groups excluding carboxylic acids is 1. The predicted molar refractivity (Wildman–Crippen MR) is 93.4 cm³/mol. The minimum absolute atomic E-state index is 0.145. The Morgan fingerprint density at radius 2 is 2.00 bits per heavy atom. The van der Waals surface area contributed by atoms with E-state index in [-0.39, 0.29) is 11.6 Å². The highest BCUT2D eigenvalue weighted by atomic mass is 79.9. The maximum absolute atomic E-state index is 12.3. The number of hydrogen-bond donors (Lipinski definition) is 2. The van der Waals surface area contributed by atoms with Crippen molar-refractivity contribution in [2.75, 3.05) is 7.11 Å². The molecule has 0 unspecified atom stereocenters. The highest BCUT2D eigenvalue weighted by Gasteiger charge is 2.20. The van der Waals surface area contributed by atoms with Crippen molar-refractivity contribution in [1.29, 1.82) is 0 Å². The van der Waals surface area contributed by atoms with Gasteiger partial charge in [0.25, 0.3) is 5.91 Å². The molecule has 3 aromatic rings. The normalized spacial score (nSPS) is 12.8. The van der Waals surface area contributed by atoms with E-state index >= 15 is 0 Å². The zero-order chi connectivity index (χ0) is 17.1. The van der Waals surface area contributed by atoms with Crippen molar-refractivity contribution in [3.05, 3.63) is 58.6 Å². The summed E-state index contributed by atoms with van der Waals surface area (Å²) in [7, 11) is 1.44. The first-order valence-electron chi connectivity index (χ1n) is 7.13. The van der Waals surface area contributed by atoms with Crippen molar-refractivity contribution in [2.45, 2.75) is 6.10 Å². The number of rotatable bonds is 4. The maximum atomic E-state index is 12.3. The number of methoxy groups -OCH3 is 1. The molecule has 0 fully saturated rings. The Labute approximate surface area is 146 Å². The van der Waals surface area contributed by atoms with Crippen LogP contribution in [-0.2, 0) is 9.53 Å². The Kier molecular flexibility index (Phi) is 4.73. The first kappa shape index (κ1) is 16.4. The fourth-order valence-electron chi connectivity index (χ4n) is 2.40. The van der Waals surface area contributed by atoms with Gasteiger partial charge in [-0.15, -0.1) is 10.2 Å². The molecule has 2 N–H and O–H groups in total. The topological polar surface area (TPSA) is 87.0 Å². The average Bonchev–Trinajstić information content (AvgIpc) is 2.89. The lowest BCUT2D eigenvalue weighted by Gasteiger charge is -2.10. The number of carbonyl (C=O) groups is 1. The molecule has 0 aliphatic carbocycles. The third-order valence-electron chi connectivity index (χ3n) is 3.52. The molecule has 6 nitrogen and oxygen atoms in total. The molecule has 1 heterocycles. The van der Waals surface area contributed by atoms with E-state index in [9.17, 15) is 9.90 Å². The Morgan fingerprint density at radius 3 is 2.71 bits per heavy atom. The van der Waals surface area contributed by atoms with Crippen LogP contribution in [0.25, 0.3) is 10.9 Å². The molecule has 1 atom stereocenters. The van der Waals surface area contributed by atoms with Crippen LogP contribution in [0.3, 0.4) is 0 Å². The Bertz CT molecular complexity index is 906. The summed E-state index contributed by atoms with van der Waals surface area (Å²) in [6, 6.07) is 14.5. The predicted octanol–water partition coefficient (Wildman–Crippen LogP) is 4.63. The first-order chi connectivity index (χ1) is 11.6. The molecule has 1 amide bonds. The summed E-state index contributed by atoms with van der Waals surface area (Å²) in [5.74, 6) is -0.694. The summed E-state index contributed by atoms with van der Waals surface area (Å²) in [6.07, 6.45) is -0.839. The summed E-state index contributed by atoms with van der Waals surface area (Å²) in [5, 5.41) is 18.3. The quantitative estimate of drug-likeness (QED) is 0.639. The van der Waals surface area contributed by atoms with Gasteiger partial charge in [0.05, 0.1) is 5.52 Å². The van der Waals surface area contributed by atoms with Crippen molar-refractivity contribution in [3.8, 4) is 5.88 Å². The van der Waals surface area contributed by atoms with Gasteiger partial charge in [-0.3, -0.25) is 4.79 Å². The van der Waals surface area contributed by atoms with Crippen LogP contribution in [0.5, 0.6) is 5.88 Å². The number of nitrogens with one attached hydrogen (secondary N) is 1. The third-order valence-corrected chi connectivity index (χ3v) is 4.02. The Hall–Kier alpha value is -2.51.